The van der Waals surface area contributed by atoms with Gasteiger partial charge in [0.2, 0.25) is 0 Å². The van der Waals surface area contributed by atoms with E-state index in [9.17, 15) is 15.3 Å². The molecule has 1 spiro atoms. The molecule has 1 saturated carbocycles. The fraction of sp³-hybridized carbons (Fsp3) is 0.579. The largest absolute Gasteiger partial charge is 0.508 e. The predicted molar refractivity (Wildman–Crippen MR) is 88.3 cm³/mol. The summed E-state index contributed by atoms with van der Waals surface area (Å²) >= 11 is 0. The number of hydrogen-bond acceptors (Lipinski definition) is 5. The summed E-state index contributed by atoms with van der Waals surface area (Å²) in [5.74, 6) is 0.993. The van der Waals surface area contributed by atoms with Gasteiger partial charge in [-0.15, -0.1) is 6.58 Å². The van der Waals surface area contributed by atoms with E-state index < -0.39 is 23.2 Å². The summed E-state index contributed by atoms with van der Waals surface area (Å²) in [6.45, 7) is 5.40. The van der Waals surface area contributed by atoms with Crippen molar-refractivity contribution < 1.29 is 20.1 Å². The van der Waals surface area contributed by atoms with Crippen LogP contribution in [-0.4, -0.2) is 57.2 Å². The summed E-state index contributed by atoms with van der Waals surface area (Å²) in [5.41, 5.74) is 0.273. The van der Waals surface area contributed by atoms with E-state index in [0.717, 1.165) is 29.8 Å². The number of phenolic OH excluding ortho intramolecular Hbond substituents is 1. The zero-order chi connectivity index (χ0) is 16.7. The van der Waals surface area contributed by atoms with Crippen molar-refractivity contribution in [3.63, 3.8) is 0 Å². The topological polar surface area (TPSA) is 73.2 Å². The molecule has 2 aliphatic carbocycles. The molecule has 5 atom stereocenters. The van der Waals surface area contributed by atoms with Gasteiger partial charge in [0.1, 0.15) is 17.6 Å². The van der Waals surface area contributed by atoms with Gasteiger partial charge >= 0.3 is 0 Å². The van der Waals surface area contributed by atoms with Crippen LogP contribution in [0.3, 0.4) is 0 Å². The van der Waals surface area contributed by atoms with Crippen LogP contribution in [0.5, 0.6) is 11.5 Å². The fourth-order valence-corrected chi connectivity index (χ4v) is 6.00. The first-order chi connectivity index (χ1) is 11.5. The number of piperidine rings is 1. The van der Waals surface area contributed by atoms with E-state index in [1.807, 2.05) is 6.08 Å². The molecule has 2 aliphatic heterocycles. The van der Waals surface area contributed by atoms with Gasteiger partial charge in [0, 0.05) is 23.7 Å². The summed E-state index contributed by atoms with van der Waals surface area (Å²) in [6.07, 6.45) is 3.27. The Morgan fingerprint density at radius 3 is 3.00 bits per heavy atom. The molecular weight excluding hydrogens is 306 g/mol. The van der Waals surface area contributed by atoms with Gasteiger partial charge in [-0.3, -0.25) is 4.90 Å². The number of aliphatic hydroxyl groups is 2. The van der Waals surface area contributed by atoms with Crippen molar-refractivity contribution in [3.05, 3.63) is 35.9 Å². The van der Waals surface area contributed by atoms with Crippen LogP contribution in [0, 0.1) is 0 Å². The van der Waals surface area contributed by atoms with Crippen LogP contribution >= 0.6 is 0 Å². The van der Waals surface area contributed by atoms with Crippen LogP contribution in [-0.2, 0) is 11.8 Å². The molecule has 24 heavy (non-hydrogen) atoms. The van der Waals surface area contributed by atoms with E-state index >= 15 is 0 Å². The van der Waals surface area contributed by atoms with Crippen LogP contribution in [0.25, 0.3) is 0 Å². The van der Waals surface area contributed by atoms with E-state index in [2.05, 4.69) is 11.5 Å². The van der Waals surface area contributed by atoms with E-state index in [0.29, 0.717) is 25.8 Å². The second-order valence-electron chi connectivity index (χ2n) is 7.73. The van der Waals surface area contributed by atoms with E-state index in [1.54, 1.807) is 12.1 Å². The Kier molecular flexibility index (Phi) is 2.79. The van der Waals surface area contributed by atoms with Crippen LogP contribution < -0.4 is 4.74 Å². The van der Waals surface area contributed by atoms with Gasteiger partial charge in [-0.05, 0) is 44.4 Å². The third-order valence-electron chi connectivity index (χ3n) is 6.93. The average Bonchev–Trinajstić information content (AvgIpc) is 2.89. The third-order valence-corrected chi connectivity index (χ3v) is 6.93. The molecule has 5 heteroatoms. The molecule has 0 aromatic heterocycles. The van der Waals surface area contributed by atoms with Crippen molar-refractivity contribution in [2.75, 3.05) is 13.1 Å². The van der Waals surface area contributed by atoms with Crippen molar-refractivity contribution in [1.82, 2.24) is 4.90 Å². The summed E-state index contributed by atoms with van der Waals surface area (Å²) in [7, 11) is 0. The van der Waals surface area contributed by atoms with E-state index in [1.165, 1.54) is 0 Å². The predicted octanol–water partition coefficient (Wildman–Crippen LogP) is 1.09. The highest BCUT2D eigenvalue weighted by Gasteiger charge is 2.72. The molecule has 5 nitrogen and oxygen atoms in total. The zero-order valence-corrected chi connectivity index (χ0v) is 13.6. The first kappa shape index (κ1) is 14.8. The van der Waals surface area contributed by atoms with Gasteiger partial charge < -0.3 is 20.1 Å². The highest BCUT2D eigenvalue weighted by molar-refractivity contribution is 5.61. The minimum atomic E-state index is -0.940. The molecule has 2 bridgehead atoms. The molecule has 4 aliphatic rings. The van der Waals surface area contributed by atoms with Gasteiger partial charge in [-0.25, -0.2) is 0 Å². The van der Waals surface area contributed by atoms with Crippen molar-refractivity contribution in [2.45, 2.75) is 54.9 Å². The Morgan fingerprint density at radius 2 is 2.21 bits per heavy atom. The standard InChI is InChI=1S/C19H23NO4/c1-2-8-20-9-7-18-16-11-10-15(20)19(18,23)6-5-13(22)17(18)24-14(16)4-3-12(11)21/h2-4,13,15,17,21-23H,1,5-10H2/t13-,15?,17?,18-,19?/m0/s1. The Labute approximate surface area is 141 Å². The third kappa shape index (κ3) is 1.43. The molecule has 2 heterocycles. The second-order valence-corrected chi connectivity index (χ2v) is 7.73. The smallest absolute Gasteiger partial charge is 0.137 e. The lowest BCUT2D eigenvalue weighted by Crippen LogP contribution is -2.77. The van der Waals surface area contributed by atoms with Gasteiger partial charge in [0.05, 0.1) is 17.1 Å². The summed E-state index contributed by atoms with van der Waals surface area (Å²) in [4.78, 5) is 2.26. The van der Waals surface area contributed by atoms with Crippen LogP contribution in [0.15, 0.2) is 24.8 Å². The Bertz CT molecular complexity index is 734. The number of ether oxygens (including phenoxy) is 1. The first-order valence-corrected chi connectivity index (χ1v) is 8.80. The molecule has 1 saturated heterocycles. The molecule has 0 radical (unpaired) electrons. The first-order valence-electron chi connectivity index (χ1n) is 8.80. The lowest BCUT2D eigenvalue weighted by molar-refractivity contribution is -0.206. The quantitative estimate of drug-likeness (QED) is 0.709. The average molecular weight is 329 g/mol. The lowest BCUT2D eigenvalue weighted by Gasteiger charge is -2.63. The number of rotatable bonds is 2. The lowest BCUT2D eigenvalue weighted by atomic mass is 9.48. The maximum Gasteiger partial charge on any atom is 0.137 e. The number of benzene rings is 1. The SMILES string of the molecule is C=CCN1CC[C@@]23c4c5ccc(O)c4CC1C2(O)CC[C@H](O)C3O5. The highest BCUT2D eigenvalue weighted by atomic mass is 16.5. The Hall–Kier alpha value is -1.56. The summed E-state index contributed by atoms with van der Waals surface area (Å²) in [6, 6.07) is 3.37. The molecule has 1 aromatic rings. The molecule has 0 amide bonds. The molecule has 5 rings (SSSR count). The van der Waals surface area contributed by atoms with Crippen molar-refractivity contribution in [2.24, 2.45) is 0 Å². The summed E-state index contributed by atoms with van der Waals surface area (Å²) < 4.78 is 6.15. The number of likely N-dealkylation sites (tertiary alicyclic amines) is 1. The van der Waals surface area contributed by atoms with Crippen LogP contribution in [0.4, 0.5) is 0 Å². The number of hydrogen-bond donors (Lipinski definition) is 3. The normalized spacial score (nSPS) is 42.3. The number of nitrogens with zero attached hydrogens (tertiary/aromatic N) is 1. The minimum absolute atomic E-state index is 0.0883. The van der Waals surface area contributed by atoms with Gasteiger partial charge in [0.25, 0.3) is 0 Å². The fourth-order valence-electron chi connectivity index (χ4n) is 6.00. The van der Waals surface area contributed by atoms with Crippen LogP contribution in [0.2, 0.25) is 0 Å². The van der Waals surface area contributed by atoms with Gasteiger partial charge in [0.15, 0.2) is 0 Å². The highest BCUT2D eigenvalue weighted by Crippen LogP contribution is 2.64. The number of phenols is 1. The Morgan fingerprint density at radius 1 is 1.38 bits per heavy atom. The molecule has 3 N–H and O–H groups in total. The molecular formula is C19H23NO4. The van der Waals surface area contributed by atoms with Crippen molar-refractivity contribution >= 4 is 0 Å². The molecule has 3 unspecified atom stereocenters. The molecule has 2 fully saturated rings. The maximum absolute atomic E-state index is 11.9. The monoisotopic (exact) mass is 329 g/mol. The van der Waals surface area contributed by atoms with Crippen molar-refractivity contribution in [3.8, 4) is 11.5 Å². The zero-order valence-electron chi connectivity index (χ0n) is 13.6. The maximum atomic E-state index is 11.9. The number of aliphatic hydroxyl groups excluding tert-OH is 1. The van der Waals surface area contributed by atoms with E-state index in [-0.39, 0.29) is 11.8 Å². The van der Waals surface area contributed by atoms with Crippen molar-refractivity contribution in [1.29, 1.82) is 0 Å². The molecule has 1 aromatic carbocycles. The second kappa shape index (κ2) is 4.54. The molecule has 128 valence electrons. The summed E-state index contributed by atoms with van der Waals surface area (Å²) in [5, 5.41) is 33.0. The Balaban J connectivity index is 1.79. The van der Waals surface area contributed by atoms with Gasteiger partial charge in [-0.2, -0.15) is 0 Å². The van der Waals surface area contributed by atoms with Gasteiger partial charge in [-0.1, -0.05) is 6.08 Å². The number of aromatic hydroxyl groups is 1. The minimum Gasteiger partial charge on any atom is -0.508 e. The van der Waals surface area contributed by atoms with E-state index in [4.69, 9.17) is 4.74 Å². The van der Waals surface area contributed by atoms with Crippen LogP contribution in [0.1, 0.15) is 30.4 Å².